The number of anilines is 2. The van der Waals surface area contributed by atoms with Gasteiger partial charge >= 0.3 is 0 Å². The predicted octanol–water partition coefficient (Wildman–Crippen LogP) is 3.27. The van der Waals surface area contributed by atoms with Crippen LogP contribution in [0.15, 0.2) is 55.1 Å². The maximum atomic E-state index is 5.26. The molecule has 0 radical (unpaired) electrons. The Hall–Kier alpha value is -3.48. The monoisotopic (exact) mass is 332 g/mol. The molecule has 1 aromatic carbocycles. The first kappa shape index (κ1) is 15.1. The van der Waals surface area contributed by atoms with Gasteiger partial charge in [0.05, 0.1) is 18.8 Å². The van der Waals surface area contributed by atoms with Crippen LogP contribution in [0.25, 0.3) is 16.7 Å². The topological polar surface area (TPSA) is 77.8 Å². The molecule has 0 saturated carbocycles. The van der Waals surface area contributed by atoms with Crippen LogP contribution in [0.2, 0.25) is 0 Å². The molecule has 0 aliphatic carbocycles. The molecule has 0 saturated heterocycles. The van der Waals surface area contributed by atoms with Crippen molar-refractivity contribution >= 4 is 22.4 Å². The molecule has 0 bridgehead atoms. The molecule has 4 aromatic rings. The van der Waals surface area contributed by atoms with Crippen LogP contribution < -0.4 is 10.1 Å². The van der Waals surface area contributed by atoms with E-state index in [-0.39, 0.29) is 0 Å². The molecule has 1 N–H and O–H groups in total. The third-order valence-corrected chi connectivity index (χ3v) is 3.82. The van der Waals surface area contributed by atoms with Crippen molar-refractivity contribution in [1.82, 2.24) is 24.7 Å². The highest BCUT2D eigenvalue weighted by molar-refractivity contribution is 5.80. The van der Waals surface area contributed by atoms with E-state index >= 15 is 0 Å². The van der Waals surface area contributed by atoms with Crippen molar-refractivity contribution in [3.8, 4) is 11.7 Å². The zero-order valence-corrected chi connectivity index (χ0v) is 13.8. The zero-order chi connectivity index (χ0) is 17.2. The van der Waals surface area contributed by atoms with Crippen molar-refractivity contribution in [3.63, 3.8) is 0 Å². The van der Waals surface area contributed by atoms with Crippen molar-refractivity contribution in [2.45, 2.75) is 6.92 Å². The lowest BCUT2D eigenvalue weighted by Crippen LogP contribution is -2.03. The van der Waals surface area contributed by atoms with Gasteiger partial charge in [-0.2, -0.15) is 5.10 Å². The zero-order valence-electron chi connectivity index (χ0n) is 13.8. The number of nitrogens with one attached hydrogen (secondary N) is 1. The molecule has 4 rings (SSSR count). The van der Waals surface area contributed by atoms with Gasteiger partial charge in [-0.05, 0) is 30.7 Å². The second-order valence-electron chi connectivity index (χ2n) is 5.57. The van der Waals surface area contributed by atoms with Gasteiger partial charge in [-0.25, -0.2) is 19.6 Å². The van der Waals surface area contributed by atoms with Gasteiger partial charge in [0.2, 0.25) is 5.88 Å². The summed E-state index contributed by atoms with van der Waals surface area (Å²) in [6.45, 7) is 2.05. The van der Waals surface area contributed by atoms with Crippen molar-refractivity contribution < 1.29 is 4.74 Å². The highest BCUT2D eigenvalue weighted by atomic mass is 16.5. The Kier molecular flexibility index (Phi) is 3.74. The number of benzene rings is 1. The van der Waals surface area contributed by atoms with Gasteiger partial charge in [0.1, 0.15) is 17.8 Å². The number of fused-ring (bicyclic) bond motifs is 1. The number of hydrogen-bond acceptors (Lipinski definition) is 6. The van der Waals surface area contributed by atoms with Gasteiger partial charge in [-0.1, -0.05) is 12.1 Å². The summed E-state index contributed by atoms with van der Waals surface area (Å²) < 4.78 is 7.06. The highest BCUT2D eigenvalue weighted by Gasteiger charge is 2.09. The standard InChI is InChI=1S/C18H16N6O/c1-12-5-6-13-10-22-24(15(13)8-12)17-9-16(20-11-21-17)23-14-4-3-7-19-18(14)25-2/h3-11H,1-2H3,(H,20,21,23). The maximum absolute atomic E-state index is 5.26. The van der Waals surface area contributed by atoms with E-state index in [2.05, 4.69) is 50.5 Å². The largest absolute Gasteiger partial charge is 0.480 e. The minimum atomic E-state index is 0.503. The van der Waals surface area contributed by atoms with Crippen LogP contribution in [0.5, 0.6) is 5.88 Å². The van der Waals surface area contributed by atoms with Crippen molar-refractivity contribution in [2.24, 2.45) is 0 Å². The van der Waals surface area contributed by atoms with Gasteiger partial charge in [0.15, 0.2) is 5.82 Å². The fourth-order valence-electron chi connectivity index (χ4n) is 2.63. The predicted molar refractivity (Wildman–Crippen MR) is 95.5 cm³/mol. The summed E-state index contributed by atoms with van der Waals surface area (Å²) >= 11 is 0. The van der Waals surface area contributed by atoms with E-state index in [1.807, 2.05) is 24.4 Å². The Morgan fingerprint density at radius 3 is 2.88 bits per heavy atom. The Morgan fingerprint density at radius 2 is 2.00 bits per heavy atom. The van der Waals surface area contributed by atoms with Crippen LogP contribution in [0.3, 0.4) is 0 Å². The second-order valence-corrected chi connectivity index (χ2v) is 5.57. The van der Waals surface area contributed by atoms with Gasteiger partial charge in [-0.15, -0.1) is 0 Å². The Morgan fingerprint density at radius 1 is 1.08 bits per heavy atom. The lowest BCUT2D eigenvalue weighted by atomic mass is 10.2. The number of aromatic nitrogens is 5. The van der Waals surface area contributed by atoms with Crippen LogP contribution in [-0.4, -0.2) is 31.8 Å². The molecule has 25 heavy (non-hydrogen) atoms. The first-order valence-corrected chi connectivity index (χ1v) is 7.77. The molecule has 7 heteroatoms. The SMILES string of the molecule is COc1ncccc1Nc1cc(-n2ncc3ccc(C)cc32)ncn1. The normalized spacial score (nSPS) is 10.8. The molecule has 3 aromatic heterocycles. The molecular weight excluding hydrogens is 316 g/mol. The minimum Gasteiger partial charge on any atom is -0.480 e. The summed E-state index contributed by atoms with van der Waals surface area (Å²) in [5.74, 6) is 1.82. The van der Waals surface area contributed by atoms with E-state index in [0.29, 0.717) is 17.5 Å². The van der Waals surface area contributed by atoms with Crippen molar-refractivity contribution in [2.75, 3.05) is 12.4 Å². The number of rotatable bonds is 4. The van der Waals surface area contributed by atoms with E-state index in [1.54, 1.807) is 18.0 Å². The number of hydrogen-bond donors (Lipinski definition) is 1. The molecule has 0 unspecified atom stereocenters. The number of aryl methyl sites for hydroxylation is 1. The molecule has 0 aliphatic rings. The van der Waals surface area contributed by atoms with Crippen LogP contribution in [0, 0.1) is 6.92 Å². The smallest absolute Gasteiger partial charge is 0.237 e. The number of methoxy groups -OCH3 is 1. The van der Waals surface area contributed by atoms with Crippen LogP contribution in [-0.2, 0) is 0 Å². The number of nitrogens with zero attached hydrogens (tertiary/aromatic N) is 5. The van der Waals surface area contributed by atoms with Gasteiger partial charge < -0.3 is 10.1 Å². The Labute approximate surface area is 144 Å². The van der Waals surface area contributed by atoms with E-state index in [0.717, 1.165) is 16.6 Å². The van der Waals surface area contributed by atoms with Gasteiger partial charge in [0, 0.05) is 17.6 Å². The number of ether oxygens (including phenoxy) is 1. The molecular formula is C18H16N6O. The molecule has 0 aliphatic heterocycles. The fourth-order valence-corrected chi connectivity index (χ4v) is 2.63. The minimum absolute atomic E-state index is 0.503. The summed E-state index contributed by atoms with van der Waals surface area (Å²) in [5.41, 5.74) is 2.90. The lowest BCUT2D eigenvalue weighted by Gasteiger charge is -2.10. The number of pyridine rings is 1. The quantitative estimate of drug-likeness (QED) is 0.618. The summed E-state index contributed by atoms with van der Waals surface area (Å²) in [4.78, 5) is 12.8. The van der Waals surface area contributed by atoms with E-state index < -0.39 is 0 Å². The highest BCUT2D eigenvalue weighted by Crippen LogP contribution is 2.25. The molecule has 0 atom stereocenters. The molecule has 124 valence electrons. The molecule has 7 nitrogen and oxygen atoms in total. The molecule has 3 heterocycles. The van der Waals surface area contributed by atoms with E-state index in [9.17, 15) is 0 Å². The maximum Gasteiger partial charge on any atom is 0.237 e. The Balaban J connectivity index is 1.73. The average molecular weight is 332 g/mol. The first-order chi connectivity index (χ1) is 12.2. The van der Waals surface area contributed by atoms with Crippen molar-refractivity contribution in [1.29, 1.82) is 0 Å². The fraction of sp³-hybridized carbons (Fsp3) is 0.111. The van der Waals surface area contributed by atoms with Crippen LogP contribution in [0.1, 0.15) is 5.56 Å². The third-order valence-electron chi connectivity index (χ3n) is 3.82. The third kappa shape index (κ3) is 2.87. The average Bonchev–Trinajstić information content (AvgIpc) is 3.05. The molecule has 0 spiro atoms. The Bertz CT molecular complexity index is 1040. The first-order valence-electron chi connectivity index (χ1n) is 7.77. The second kappa shape index (κ2) is 6.20. The molecule has 0 amide bonds. The van der Waals surface area contributed by atoms with Crippen molar-refractivity contribution in [3.05, 3.63) is 60.7 Å². The summed E-state index contributed by atoms with van der Waals surface area (Å²) in [6, 6.07) is 11.7. The van der Waals surface area contributed by atoms with E-state index in [1.165, 1.54) is 11.9 Å². The van der Waals surface area contributed by atoms with Gasteiger partial charge in [-0.3, -0.25) is 0 Å². The van der Waals surface area contributed by atoms with Gasteiger partial charge in [0.25, 0.3) is 0 Å². The van der Waals surface area contributed by atoms with Crippen LogP contribution in [0.4, 0.5) is 11.5 Å². The summed E-state index contributed by atoms with van der Waals surface area (Å²) in [5, 5.41) is 8.72. The molecule has 0 fully saturated rings. The summed E-state index contributed by atoms with van der Waals surface area (Å²) in [7, 11) is 1.58. The summed E-state index contributed by atoms with van der Waals surface area (Å²) in [6.07, 6.45) is 5.01. The lowest BCUT2D eigenvalue weighted by molar-refractivity contribution is 0.400. The van der Waals surface area contributed by atoms with E-state index in [4.69, 9.17) is 4.74 Å². The van der Waals surface area contributed by atoms with Crippen LogP contribution >= 0.6 is 0 Å².